The maximum absolute atomic E-state index is 12.7. The molecule has 1 heterocycles. The van der Waals surface area contributed by atoms with Gasteiger partial charge >= 0.3 is 0 Å². The van der Waals surface area contributed by atoms with Gasteiger partial charge in [-0.05, 0) is 66.2 Å². The molecule has 164 valence electrons. The molecule has 4 rings (SSSR count). The Hall–Kier alpha value is -3.45. The number of ether oxygens (including phenoxy) is 1. The molecule has 3 aromatic rings. The fraction of sp³-hybridized carbons (Fsp3) is 0.200. The Morgan fingerprint density at radius 3 is 2.44 bits per heavy atom. The van der Waals surface area contributed by atoms with E-state index in [-0.39, 0.29) is 17.2 Å². The highest BCUT2D eigenvalue weighted by Gasteiger charge is 2.34. The number of rotatable bonds is 6. The third-order valence-electron chi connectivity index (χ3n) is 5.29. The van der Waals surface area contributed by atoms with Crippen LogP contribution in [0.3, 0.4) is 0 Å². The van der Waals surface area contributed by atoms with Gasteiger partial charge in [0.15, 0.2) is 0 Å². The van der Waals surface area contributed by atoms with Crippen molar-refractivity contribution in [1.82, 2.24) is 0 Å². The van der Waals surface area contributed by atoms with Gasteiger partial charge in [0.25, 0.3) is 5.91 Å². The van der Waals surface area contributed by atoms with Crippen molar-refractivity contribution in [1.29, 1.82) is 0 Å². The molecule has 0 radical (unpaired) electrons. The van der Waals surface area contributed by atoms with Crippen molar-refractivity contribution in [2.75, 3.05) is 42.1 Å². The number of carbonyl (C=O) groups excluding carboxylic acids is 2. The van der Waals surface area contributed by atoms with Gasteiger partial charge in [-0.1, -0.05) is 12.1 Å². The highest BCUT2D eigenvalue weighted by Crippen LogP contribution is 2.42. The Morgan fingerprint density at radius 2 is 1.78 bits per heavy atom. The molecule has 0 saturated carbocycles. The zero-order chi connectivity index (χ0) is 22.7. The fourth-order valence-corrected chi connectivity index (χ4v) is 4.74. The monoisotopic (exact) mass is 447 g/mol. The molecule has 0 aliphatic carbocycles. The van der Waals surface area contributed by atoms with Crippen molar-refractivity contribution in [2.24, 2.45) is 0 Å². The molecule has 2 amide bonds. The van der Waals surface area contributed by atoms with E-state index < -0.39 is 0 Å². The van der Waals surface area contributed by atoms with Crippen LogP contribution in [0.2, 0.25) is 0 Å². The SMILES string of the molecule is COc1ccc(C(=O)Nc2cccc([C@H]3SCC(=O)N3c3ccc(N(C)C)cc3)c2)cc1. The number of nitrogens with one attached hydrogen (secondary N) is 1. The normalized spacial score (nSPS) is 15.5. The van der Waals surface area contributed by atoms with Crippen LogP contribution in [0.15, 0.2) is 72.8 Å². The number of anilines is 3. The number of benzene rings is 3. The van der Waals surface area contributed by atoms with Crippen molar-refractivity contribution in [3.05, 3.63) is 83.9 Å². The first-order valence-electron chi connectivity index (χ1n) is 10.2. The van der Waals surface area contributed by atoms with E-state index in [2.05, 4.69) is 5.32 Å². The smallest absolute Gasteiger partial charge is 0.255 e. The zero-order valence-corrected chi connectivity index (χ0v) is 19.1. The Labute approximate surface area is 192 Å². The predicted molar refractivity (Wildman–Crippen MR) is 131 cm³/mol. The van der Waals surface area contributed by atoms with Gasteiger partial charge in [0.05, 0.1) is 12.9 Å². The number of hydrogen-bond acceptors (Lipinski definition) is 5. The zero-order valence-electron chi connectivity index (χ0n) is 18.2. The van der Waals surface area contributed by atoms with Crippen molar-refractivity contribution in [3.8, 4) is 5.75 Å². The molecule has 0 spiro atoms. The van der Waals surface area contributed by atoms with Gasteiger partial charge in [-0.3, -0.25) is 14.5 Å². The van der Waals surface area contributed by atoms with Gasteiger partial charge in [-0.2, -0.15) is 0 Å². The van der Waals surface area contributed by atoms with E-state index in [4.69, 9.17) is 4.74 Å². The fourth-order valence-electron chi connectivity index (χ4n) is 3.58. The summed E-state index contributed by atoms with van der Waals surface area (Å²) in [6.07, 6.45) is 0. The minimum atomic E-state index is -0.198. The summed E-state index contributed by atoms with van der Waals surface area (Å²) in [6.45, 7) is 0. The molecule has 0 bridgehead atoms. The Balaban J connectivity index is 1.54. The van der Waals surface area contributed by atoms with Crippen LogP contribution in [-0.2, 0) is 4.79 Å². The summed E-state index contributed by atoms with van der Waals surface area (Å²) in [5, 5.41) is 2.80. The third kappa shape index (κ3) is 4.57. The van der Waals surface area contributed by atoms with Crippen molar-refractivity contribution in [3.63, 3.8) is 0 Å². The van der Waals surface area contributed by atoms with E-state index in [0.717, 1.165) is 16.9 Å². The summed E-state index contributed by atoms with van der Waals surface area (Å²) in [7, 11) is 5.56. The van der Waals surface area contributed by atoms with Crippen LogP contribution in [0.5, 0.6) is 5.75 Å². The number of methoxy groups -OCH3 is 1. The Bertz CT molecular complexity index is 1110. The number of amides is 2. The number of nitrogens with zero attached hydrogens (tertiary/aromatic N) is 2. The first kappa shape index (κ1) is 21.8. The van der Waals surface area contributed by atoms with E-state index in [9.17, 15) is 9.59 Å². The maximum Gasteiger partial charge on any atom is 0.255 e. The highest BCUT2D eigenvalue weighted by molar-refractivity contribution is 8.00. The molecular weight excluding hydrogens is 422 g/mol. The van der Waals surface area contributed by atoms with E-state index in [1.54, 1.807) is 43.1 Å². The van der Waals surface area contributed by atoms with Gasteiger partial charge in [0, 0.05) is 36.7 Å². The lowest BCUT2D eigenvalue weighted by atomic mass is 10.1. The molecule has 0 aromatic heterocycles. The molecule has 7 heteroatoms. The summed E-state index contributed by atoms with van der Waals surface area (Å²) >= 11 is 1.58. The van der Waals surface area contributed by atoms with Crippen LogP contribution in [-0.4, -0.2) is 38.8 Å². The quantitative estimate of drug-likeness (QED) is 0.589. The predicted octanol–water partition coefficient (Wildman–Crippen LogP) is 4.79. The summed E-state index contributed by atoms with van der Waals surface area (Å²) in [5.41, 5.74) is 4.14. The number of carbonyl (C=O) groups is 2. The second kappa shape index (κ2) is 9.36. The Morgan fingerprint density at radius 1 is 1.06 bits per heavy atom. The van der Waals surface area contributed by atoms with Crippen LogP contribution in [0.1, 0.15) is 21.3 Å². The lowest BCUT2D eigenvalue weighted by Crippen LogP contribution is -2.27. The molecule has 1 N–H and O–H groups in total. The molecule has 1 aliphatic heterocycles. The van der Waals surface area contributed by atoms with E-state index in [1.807, 2.05) is 72.4 Å². The van der Waals surface area contributed by atoms with Gasteiger partial charge in [-0.15, -0.1) is 11.8 Å². The second-order valence-electron chi connectivity index (χ2n) is 7.65. The largest absolute Gasteiger partial charge is 0.497 e. The molecule has 1 atom stereocenters. The lowest BCUT2D eigenvalue weighted by Gasteiger charge is -2.25. The molecule has 32 heavy (non-hydrogen) atoms. The molecule has 3 aromatic carbocycles. The summed E-state index contributed by atoms with van der Waals surface area (Å²) in [6, 6.07) is 22.6. The lowest BCUT2D eigenvalue weighted by molar-refractivity contribution is -0.115. The van der Waals surface area contributed by atoms with Gasteiger partial charge in [0.2, 0.25) is 5.91 Å². The number of hydrogen-bond donors (Lipinski definition) is 1. The van der Waals surface area contributed by atoms with E-state index >= 15 is 0 Å². The number of thioether (sulfide) groups is 1. The second-order valence-corrected chi connectivity index (χ2v) is 8.71. The van der Waals surface area contributed by atoms with Crippen LogP contribution < -0.4 is 19.9 Å². The standard InChI is InChI=1S/C25H25N3O3S/c1-27(2)20-9-11-21(12-10-20)28-23(29)16-32-25(28)18-5-4-6-19(15-18)26-24(30)17-7-13-22(31-3)14-8-17/h4-15,25H,16H2,1-3H3,(H,26,30)/t25-/m1/s1. The Kier molecular flexibility index (Phi) is 6.37. The van der Waals surface area contributed by atoms with Crippen LogP contribution in [0.25, 0.3) is 0 Å². The molecule has 6 nitrogen and oxygen atoms in total. The molecular formula is C25H25N3O3S. The van der Waals surface area contributed by atoms with E-state index in [0.29, 0.717) is 22.8 Å². The maximum atomic E-state index is 12.7. The minimum Gasteiger partial charge on any atom is -0.497 e. The van der Waals surface area contributed by atoms with Crippen molar-refractivity contribution < 1.29 is 14.3 Å². The summed E-state index contributed by atoms with van der Waals surface area (Å²) in [5.74, 6) is 0.995. The highest BCUT2D eigenvalue weighted by atomic mass is 32.2. The van der Waals surface area contributed by atoms with Crippen LogP contribution in [0.4, 0.5) is 17.1 Å². The van der Waals surface area contributed by atoms with Crippen molar-refractivity contribution >= 4 is 40.6 Å². The topological polar surface area (TPSA) is 61.9 Å². The average molecular weight is 448 g/mol. The van der Waals surface area contributed by atoms with Gasteiger partial charge in [0.1, 0.15) is 11.1 Å². The molecule has 1 saturated heterocycles. The molecule has 0 unspecified atom stereocenters. The van der Waals surface area contributed by atoms with Crippen LogP contribution in [0, 0.1) is 0 Å². The van der Waals surface area contributed by atoms with E-state index in [1.165, 1.54) is 0 Å². The summed E-state index contributed by atoms with van der Waals surface area (Å²) < 4.78 is 5.14. The first-order chi connectivity index (χ1) is 15.5. The summed E-state index contributed by atoms with van der Waals surface area (Å²) in [4.78, 5) is 29.2. The van der Waals surface area contributed by atoms with Crippen molar-refractivity contribution in [2.45, 2.75) is 5.37 Å². The van der Waals surface area contributed by atoms with Gasteiger partial charge < -0.3 is 15.0 Å². The first-order valence-corrected chi connectivity index (χ1v) is 11.3. The third-order valence-corrected chi connectivity index (χ3v) is 6.51. The van der Waals surface area contributed by atoms with Crippen LogP contribution >= 0.6 is 11.8 Å². The molecule has 1 aliphatic rings. The molecule has 1 fully saturated rings. The van der Waals surface area contributed by atoms with Gasteiger partial charge in [-0.25, -0.2) is 0 Å². The average Bonchev–Trinajstić information content (AvgIpc) is 3.20. The minimum absolute atomic E-state index is 0.0743.